The molecule has 164 valence electrons. The number of hydrogen-bond donors (Lipinski definition) is 2. The first-order valence-electron chi connectivity index (χ1n) is 9.24. The Labute approximate surface area is 183 Å². The molecule has 0 aliphatic rings. The zero-order chi connectivity index (χ0) is 22.4. The fourth-order valence-electron chi connectivity index (χ4n) is 2.77. The normalized spacial score (nSPS) is 12.5. The molecule has 12 heteroatoms. The summed E-state index contributed by atoms with van der Waals surface area (Å²) in [6.07, 6.45) is 2.14. The van der Waals surface area contributed by atoms with E-state index in [1.165, 1.54) is 46.8 Å². The van der Waals surface area contributed by atoms with Crippen LogP contribution in [0.5, 0.6) is 0 Å². The molecule has 0 saturated heterocycles. The van der Waals surface area contributed by atoms with Crippen LogP contribution in [0.15, 0.2) is 53.4 Å². The lowest BCUT2D eigenvalue weighted by atomic mass is 10.2. The summed E-state index contributed by atoms with van der Waals surface area (Å²) < 4.78 is 43.3. The van der Waals surface area contributed by atoms with Crippen LogP contribution in [0, 0.1) is 12.7 Å². The van der Waals surface area contributed by atoms with Crippen LogP contribution in [0.25, 0.3) is 5.69 Å². The zero-order valence-electron chi connectivity index (χ0n) is 16.8. The summed E-state index contributed by atoms with van der Waals surface area (Å²) in [6, 6.07) is 10.7. The van der Waals surface area contributed by atoms with Crippen molar-refractivity contribution in [2.75, 3.05) is 17.3 Å². The molecule has 1 amide bonds. The first-order valence-corrected chi connectivity index (χ1v) is 12.1. The third kappa shape index (κ3) is 5.66. The van der Waals surface area contributed by atoms with Gasteiger partial charge in [0.1, 0.15) is 17.5 Å². The highest BCUT2D eigenvalue weighted by molar-refractivity contribution is 7.98. The lowest BCUT2D eigenvalue weighted by molar-refractivity contribution is -0.117. The van der Waals surface area contributed by atoms with E-state index < -0.39 is 27.8 Å². The molecule has 1 unspecified atom stereocenters. The van der Waals surface area contributed by atoms with Gasteiger partial charge in [0.2, 0.25) is 15.9 Å². The van der Waals surface area contributed by atoms with Gasteiger partial charge < -0.3 is 5.32 Å². The average molecular weight is 465 g/mol. The lowest BCUT2D eigenvalue weighted by Gasteiger charge is -2.18. The third-order valence-electron chi connectivity index (χ3n) is 4.35. The zero-order valence-corrected chi connectivity index (χ0v) is 18.5. The van der Waals surface area contributed by atoms with Crippen molar-refractivity contribution in [1.29, 1.82) is 0 Å². The Morgan fingerprint density at radius 1 is 1.23 bits per heavy atom. The molecule has 0 aliphatic heterocycles. The van der Waals surface area contributed by atoms with Gasteiger partial charge in [0.25, 0.3) is 0 Å². The van der Waals surface area contributed by atoms with E-state index >= 15 is 0 Å². The van der Waals surface area contributed by atoms with Crippen molar-refractivity contribution in [2.45, 2.75) is 24.3 Å². The summed E-state index contributed by atoms with van der Waals surface area (Å²) in [6.45, 7) is 1.61. The molecule has 0 bridgehead atoms. The van der Waals surface area contributed by atoms with Crippen molar-refractivity contribution in [2.24, 2.45) is 0 Å². The number of sulfonamides is 1. The van der Waals surface area contributed by atoms with Crippen LogP contribution in [-0.2, 0) is 14.8 Å². The number of hydrogen-bond acceptors (Lipinski definition) is 7. The highest BCUT2D eigenvalue weighted by Crippen LogP contribution is 2.20. The standard InChI is InChI=1S/C19H21FN6O3S2/c1-13-22-24-25-26(13)18-12-14(8-9-16(18)20)21-19(27)17(10-11-30-2)23-31(28,29)15-6-4-3-5-7-15/h3-9,12,17,23H,10-11H2,1-2H3,(H,21,27). The van der Waals surface area contributed by atoms with Crippen LogP contribution in [0.2, 0.25) is 0 Å². The number of amides is 1. The molecule has 0 spiro atoms. The van der Waals surface area contributed by atoms with Gasteiger partial charge >= 0.3 is 0 Å². The fourth-order valence-corrected chi connectivity index (χ4v) is 4.49. The highest BCUT2D eigenvalue weighted by atomic mass is 32.2. The number of carbonyl (C=O) groups is 1. The van der Waals surface area contributed by atoms with Crippen molar-refractivity contribution in [3.63, 3.8) is 0 Å². The number of rotatable bonds is 9. The van der Waals surface area contributed by atoms with Gasteiger partial charge in [-0.25, -0.2) is 12.8 Å². The second-order valence-electron chi connectivity index (χ2n) is 6.56. The lowest BCUT2D eigenvalue weighted by Crippen LogP contribution is -2.44. The maximum Gasteiger partial charge on any atom is 0.242 e. The Morgan fingerprint density at radius 2 is 1.97 bits per heavy atom. The first-order chi connectivity index (χ1) is 14.8. The second-order valence-corrected chi connectivity index (χ2v) is 9.26. The molecule has 9 nitrogen and oxygen atoms in total. The molecule has 2 N–H and O–H groups in total. The van der Waals surface area contributed by atoms with Crippen molar-refractivity contribution >= 4 is 33.4 Å². The number of benzene rings is 2. The Kier molecular flexibility index (Phi) is 7.36. The van der Waals surface area contributed by atoms with Gasteiger partial charge in [-0.05, 0) is 66.1 Å². The fraction of sp³-hybridized carbons (Fsp3) is 0.263. The van der Waals surface area contributed by atoms with E-state index in [1.807, 2.05) is 6.26 Å². The number of tetrazole rings is 1. The topological polar surface area (TPSA) is 119 Å². The molecule has 3 aromatic rings. The number of halogens is 1. The molecule has 1 atom stereocenters. The minimum absolute atomic E-state index is 0.0610. The van der Waals surface area contributed by atoms with E-state index in [0.717, 1.165) is 0 Å². The molecular formula is C19H21FN6O3S2. The third-order valence-corrected chi connectivity index (χ3v) is 6.48. The summed E-state index contributed by atoms with van der Waals surface area (Å²) in [5.41, 5.74) is 0.343. The average Bonchev–Trinajstić information content (AvgIpc) is 3.18. The Morgan fingerprint density at radius 3 is 2.61 bits per heavy atom. The van der Waals surface area contributed by atoms with Gasteiger partial charge in [-0.2, -0.15) is 21.2 Å². The molecule has 1 heterocycles. The van der Waals surface area contributed by atoms with E-state index in [0.29, 0.717) is 11.6 Å². The van der Waals surface area contributed by atoms with Crippen LogP contribution in [-0.4, -0.2) is 52.6 Å². The summed E-state index contributed by atoms with van der Waals surface area (Å²) in [7, 11) is -3.89. The molecule has 0 aliphatic carbocycles. The van der Waals surface area contributed by atoms with E-state index in [9.17, 15) is 17.6 Å². The van der Waals surface area contributed by atoms with E-state index in [1.54, 1.807) is 25.1 Å². The van der Waals surface area contributed by atoms with Gasteiger partial charge in [0.05, 0.1) is 4.90 Å². The van der Waals surface area contributed by atoms with Crippen LogP contribution in [0.3, 0.4) is 0 Å². The second kappa shape index (κ2) is 9.98. The predicted octanol–water partition coefficient (Wildman–Crippen LogP) is 2.15. The minimum atomic E-state index is -3.89. The predicted molar refractivity (Wildman–Crippen MR) is 116 cm³/mol. The number of aromatic nitrogens is 4. The molecule has 0 fully saturated rings. The molecule has 0 saturated carbocycles. The molecule has 31 heavy (non-hydrogen) atoms. The maximum absolute atomic E-state index is 14.3. The quantitative estimate of drug-likeness (QED) is 0.498. The van der Waals surface area contributed by atoms with Gasteiger partial charge in [0, 0.05) is 5.69 Å². The summed E-state index contributed by atoms with van der Waals surface area (Å²) in [5.74, 6) is -0.194. The highest BCUT2D eigenvalue weighted by Gasteiger charge is 2.26. The number of anilines is 1. The smallest absolute Gasteiger partial charge is 0.242 e. The van der Waals surface area contributed by atoms with E-state index in [2.05, 4.69) is 25.6 Å². The number of carbonyl (C=O) groups excluding carboxylic acids is 1. The van der Waals surface area contributed by atoms with E-state index in [4.69, 9.17) is 0 Å². The SMILES string of the molecule is CSCCC(NS(=O)(=O)c1ccccc1)C(=O)Nc1ccc(F)c(-n2nnnc2C)c1. The molecular weight excluding hydrogens is 443 g/mol. The Bertz CT molecular complexity index is 1150. The number of nitrogens with one attached hydrogen (secondary N) is 2. The molecule has 1 aromatic heterocycles. The van der Waals surface area contributed by atoms with Crippen LogP contribution >= 0.6 is 11.8 Å². The van der Waals surface area contributed by atoms with Crippen molar-refractivity contribution < 1.29 is 17.6 Å². The molecule has 3 rings (SSSR count). The van der Waals surface area contributed by atoms with Crippen molar-refractivity contribution in [1.82, 2.24) is 24.9 Å². The number of aryl methyl sites for hydroxylation is 1. The van der Waals surface area contributed by atoms with Crippen LogP contribution in [0.4, 0.5) is 10.1 Å². The van der Waals surface area contributed by atoms with Gasteiger partial charge in [-0.3, -0.25) is 4.79 Å². The summed E-state index contributed by atoms with van der Waals surface area (Å²) in [5, 5.41) is 13.6. The first kappa shape index (κ1) is 22.8. The van der Waals surface area contributed by atoms with Crippen LogP contribution in [0.1, 0.15) is 12.2 Å². The van der Waals surface area contributed by atoms with Gasteiger partial charge in [0.15, 0.2) is 5.82 Å². The summed E-state index contributed by atoms with van der Waals surface area (Å²) in [4.78, 5) is 13.0. The molecule has 0 radical (unpaired) electrons. The van der Waals surface area contributed by atoms with Crippen LogP contribution < -0.4 is 10.0 Å². The van der Waals surface area contributed by atoms with E-state index in [-0.39, 0.29) is 22.7 Å². The Balaban J connectivity index is 1.82. The Hall–Kier alpha value is -2.83. The summed E-state index contributed by atoms with van der Waals surface area (Å²) >= 11 is 1.49. The van der Waals surface area contributed by atoms with Crippen molar-refractivity contribution in [3.8, 4) is 5.69 Å². The minimum Gasteiger partial charge on any atom is -0.325 e. The van der Waals surface area contributed by atoms with Gasteiger partial charge in [-0.15, -0.1) is 5.10 Å². The number of nitrogens with zero attached hydrogens (tertiary/aromatic N) is 4. The monoisotopic (exact) mass is 464 g/mol. The molecule has 2 aromatic carbocycles. The van der Waals surface area contributed by atoms with Gasteiger partial charge in [-0.1, -0.05) is 18.2 Å². The van der Waals surface area contributed by atoms with Crippen molar-refractivity contribution in [3.05, 3.63) is 60.2 Å². The largest absolute Gasteiger partial charge is 0.325 e. The number of thioether (sulfide) groups is 1. The maximum atomic E-state index is 14.3.